The Morgan fingerprint density at radius 2 is 1.96 bits per heavy atom. The van der Waals surface area contributed by atoms with Crippen LogP contribution >= 0.6 is 23.1 Å². The van der Waals surface area contributed by atoms with Crippen LogP contribution in [0, 0.1) is 11.6 Å². The molecule has 4 nitrogen and oxygen atoms in total. The highest BCUT2D eigenvalue weighted by atomic mass is 32.2. The summed E-state index contributed by atoms with van der Waals surface area (Å²) in [5.41, 5.74) is 0.947. The number of thiazole rings is 1. The van der Waals surface area contributed by atoms with Crippen LogP contribution in [0.25, 0.3) is 11.3 Å². The minimum Gasteiger partial charge on any atom is -0.497 e. The molecular formula is C19H16F2N2O2S2. The SMILES string of the molecule is COc1ccc(SCCC(=O)Nc2nc(-c3ccc(F)c(F)c3)cs2)cc1. The van der Waals surface area contributed by atoms with Crippen molar-refractivity contribution in [3.05, 3.63) is 59.5 Å². The molecule has 0 saturated heterocycles. The summed E-state index contributed by atoms with van der Waals surface area (Å²) >= 11 is 2.81. The van der Waals surface area contributed by atoms with Crippen molar-refractivity contribution >= 4 is 34.1 Å². The summed E-state index contributed by atoms with van der Waals surface area (Å²) in [6.07, 6.45) is 0.330. The number of halogens is 2. The minimum absolute atomic E-state index is 0.151. The zero-order valence-electron chi connectivity index (χ0n) is 14.4. The Bertz CT molecular complexity index is 930. The van der Waals surface area contributed by atoms with Gasteiger partial charge in [0.25, 0.3) is 0 Å². The molecule has 0 fully saturated rings. The minimum atomic E-state index is -0.929. The summed E-state index contributed by atoms with van der Waals surface area (Å²) < 4.78 is 31.4. The molecule has 1 amide bonds. The second kappa shape index (κ2) is 8.96. The first-order chi connectivity index (χ1) is 13.0. The maximum Gasteiger partial charge on any atom is 0.226 e. The Balaban J connectivity index is 1.50. The second-order valence-electron chi connectivity index (χ2n) is 5.49. The van der Waals surface area contributed by atoms with Crippen molar-refractivity contribution in [2.75, 3.05) is 18.2 Å². The van der Waals surface area contributed by atoms with E-state index < -0.39 is 11.6 Å². The third-order valence-corrected chi connectivity index (χ3v) is 5.39. The van der Waals surface area contributed by atoms with Gasteiger partial charge in [-0.15, -0.1) is 23.1 Å². The number of rotatable bonds is 7. The van der Waals surface area contributed by atoms with E-state index in [0.717, 1.165) is 22.8 Å². The summed E-state index contributed by atoms with van der Waals surface area (Å²) in [7, 11) is 1.61. The van der Waals surface area contributed by atoms with Gasteiger partial charge < -0.3 is 10.1 Å². The normalized spacial score (nSPS) is 10.6. The van der Waals surface area contributed by atoms with E-state index in [2.05, 4.69) is 10.3 Å². The van der Waals surface area contributed by atoms with Crippen LogP contribution in [0.1, 0.15) is 6.42 Å². The average Bonchev–Trinajstić information content (AvgIpc) is 3.13. The van der Waals surface area contributed by atoms with Crippen molar-refractivity contribution in [3.8, 4) is 17.0 Å². The number of nitrogens with zero attached hydrogens (tertiary/aromatic N) is 1. The molecule has 1 N–H and O–H groups in total. The van der Waals surface area contributed by atoms with E-state index in [9.17, 15) is 13.6 Å². The van der Waals surface area contributed by atoms with E-state index in [1.807, 2.05) is 24.3 Å². The van der Waals surface area contributed by atoms with Crippen LogP contribution in [0.5, 0.6) is 5.75 Å². The van der Waals surface area contributed by atoms with E-state index in [0.29, 0.717) is 28.6 Å². The molecule has 1 heterocycles. The first-order valence-electron chi connectivity index (χ1n) is 8.03. The molecule has 3 aromatic rings. The van der Waals surface area contributed by atoms with Crippen molar-refractivity contribution in [2.45, 2.75) is 11.3 Å². The topological polar surface area (TPSA) is 51.2 Å². The lowest BCUT2D eigenvalue weighted by Gasteiger charge is -2.04. The van der Waals surface area contributed by atoms with Crippen LogP contribution in [-0.2, 0) is 4.79 Å². The number of carbonyl (C=O) groups is 1. The van der Waals surface area contributed by atoms with Crippen molar-refractivity contribution in [1.29, 1.82) is 0 Å². The van der Waals surface area contributed by atoms with E-state index in [1.165, 1.54) is 17.4 Å². The largest absolute Gasteiger partial charge is 0.497 e. The number of nitrogens with one attached hydrogen (secondary N) is 1. The van der Waals surface area contributed by atoms with E-state index in [4.69, 9.17) is 4.74 Å². The fourth-order valence-corrected chi connectivity index (χ4v) is 3.82. The maximum absolute atomic E-state index is 13.3. The van der Waals surface area contributed by atoms with Crippen molar-refractivity contribution in [3.63, 3.8) is 0 Å². The highest BCUT2D eigenvalue weighted by molar-refractivity contribution is 7.99. The Morgan fingerprint density at radius 3 is 2.67 bits per heavy atom. The summed E-state index contributed by atoms with van der Waals surface area (Å²) in [5, 5.41) is 4.84. The van der Waals surface area contributed by atoms with Crippen molar-refractivity contribution in [2.24, 2.45) is 0 Å². The molecule has 0 aliphatic carbocycles. The number of hydrogen-bond acceptors (Lipinski definition) is 5. The van der Waals surface area contributed by atoms with Gasteiger partial charge in [0.05, 0.1) is 12.8 Å². The molecule has 0 saturated carbocycles. The first kappa shape index (κ1) is 19.3. The van der Waals surface area contributed by atoms with Gasteiger partial charge in [-0.1, -0.05) is 0 Å². The number of carbonyl (C=O) groups excluding carboxylic acids is 1. The molecule has 0 spiro atoms. The number of hydrogen-bond donors (Lipinski definition) is 1. The molecule has 8 heteroatoms. The number of anilines is 1. The van der Waals surface area contributed by atoms with Gasteiger partial charge in [-0.25, -0.2) is 13.8 Å². The standard InChI is InChI=1S/C19H16F2N2O2S2/c1-25-13-3-5-14(6-4-13)26-9-8-18(24)23-19-22-17(11-27-19)12-2-7-15(20)16(21)10-12/h2-7,10-11H,8-9H2,1H3,(H,22,23,24). The van der Waals surface area contributed by atoms with Crippen LogP contribution in [0.15, 0.2) is 52.7 Å². The molecule has 0 atom stereocenters. The molecule has 0 bridgehead atoms. The Labute approximate surface area is 163 Å². The smallest absolute Gasteiger partial charge is 0.226 e. The molecule has 0 radical (unpaired) electrons. The number of methoxy groups -OCH3 is 1. The van der Waals surface area contributed by atoms with Crippen LogP contribution in [-0.4, -0.2) is 23.8 Å². The molecule has 27 heavy (non-hydrogen) atoms. The molecule has 2 aromatic carbocycles. The number of aromatic nitrogens is 1. The van der Waals surface area contributed by atoms with Crippen molar-refractivity contribution in [1.82, 2.24) is 4.98 Å². The average molecular weight is 406 g/mol. The molecule has 1 aromatic heterocycles. The summed E-state index contributed by atoms with van der Waals surface area (Å²) in [5.74, 6) is -0.571. The van der Waals surface area contributed by atoms with Crippen LogP contribution < -0.4 is 10.1 Å². The first-order valence-corrected chi connectivity index (χ1v) is 9.89. The highest BCUT2D eigenvalue weighted by Crippen LogP contribution is 2.26. The molecule has 140 valence electrons. The van der Waals surface area contributed by atoms with Crippen LogP contribution in [0.2, 0.25) is 0 Å². The monoisotopic (exact) mass is 406 g/mol. The fraction of sp³-hybridized carbons (Fsp3) is 0.158. The lowest BCUT2D eigenvalue weighted by Crippen LogP contribution is -2.11. The van der Waals surface area contributed by atoms with Gasteiger partial charge >= 0.3 is 0 Å². The second-order valence-corrected chi connectivity index (χ2v) is 7.52. The van der Waals surface area contributed by atoms with Crippen LogP contribution in [0.3, 0.4) is 0 Å². The third-order valence-electron chi connectivity index (χ3n) is 3.62. The zero-order chi connectivity index (χ0) is 19.2. The lowest BCUT2D eigenvalue weighted by atomic mass is 10.2. The van der Waals surface area contributed by atoms with Gasteiger partial charge in [0.15, 0.2) is 16.8 Å². The van der Waals surface area contributed by atoms with Gasteiger partial charge in [-0.05, 0) is 42.5 Å². The molecule has 0 aliphatic rings. The van der Waals surface area contributed by atoms with E-state index >= 15 is 0 Å². The lowest BCUT2D eigenvalue weighted by molar-refractivity contribution is -0.115. The molecule has 3 rings (SSSR count). The Morgan fingerprint density at radius 1 is 1.19 bits per heavy atom. The highest BCUT2D eigenvalue weighted by Gasteiger charge is 2.10. The van der Waals surface area contributed by atoms with Gasteiger partial charge in [0.2, 0.25) is 5.91 Å². The number of ether oxygens (including phenoxy) is 1. The van der Waals surface area contributed by atoms with E-state index in [-0.39, 0.29) is 5.91 Å². The van der Waals surface area contributed by atoms with Crippen molar-refractivity contribution < 1.29 is 18.3 Å². The van der Waals surface area contributed by atoms with Crippen LogP contribution in [0.4, 0.5) is 13.9 Å². The number of benzene rings is 2. The Hall–Kier alpha value is -2.45. The molecule has 0 unspecified atom stereocenters. The molecular weight excluding hydrogens is 390 g/mol. The fourth-order valence-electron chi connectivity index (χ4n) is 2.23. The summed E-state index contributed by atoms with van der Waals surface area (Å²) in [4.78, 5) is 17.4. The van der Waals surface area contributed by atoms with Gasteiger partial charge in [-0.2, -0.15) is 0 Å². The summed E-state index contributed by atoms with van der Waals surface area (Å²) in [6, 6.07) is 11.2. The van der Waals surface area contributed by atoms with Gasteiger partial charge in [0.1, 0.15) is 5.75 Å². The van der Waals surface area contributed by atoms with Gasteiger partial charge in [0, 0.05) is 28.0 Å². The number of amides is 1. The Kier molecular flexibility index (Phi) is 6.41. The number of thioether (sulfide) groups is 1. The maximum atomic E-state index is 13.3. The molecule has 0 aliphatic heterocycles. The quantitative estimate of drug-likeness (QED) is 0.547. The predicted molar refractivity (Wildman–Crippen MR) is 104 cm³/mol. The van der Waals surface area contributed by atoms with Gasteiger partial charge in [-0.3, -0.25) is 4.79 Å². The third kappa shape index (κ3) is 5.27. The zero-order valence-corrected chi connectivity index (χ0v) is 16.0. The summed E-state index contributed by atoms with van der Waals surface area (Å²) in [6.45, 7) is 0. The predicted octanol–water partition coefficient (Wildman–Crippen LogP) is 5.22. The van der Waals surface area contributed by atoms with E-state index in [1.54, 1.807) is 24.3 Å².